The van der Waals surface area contributed by atoms with Crippen molar-refractivity contribution in [3.8, 4) is 0 Å². The predicted octanol–water partition coefficient (Wildman–Crippen LogP) is 1.23. The fourth-order valence-electron chi connectivity index (χ4n) is 0.830. The van der Waals surface area contributed by atoms with Gasteiger partial charge in [0.2, 0.25) is 5.96 Å². The molecule has 0 radical (unpaired) electrons. The van der Waals surface area contributed by atoms with Crippen LogP contribution in [0.15, 0.2) is 22.3 Å². The number of nitrogens with two attached hydrogens (primary N) is 2. The van der Waals surface area contributed by atoms with Gasteiger partial charge in [0, 0.05) is 11.6 Å². The van der Waals surface area contributed by atoms with Gasteiger partial charge < -0.3 is 11.5 Å². The highest BCUT2D eigenvalue weighted by Crippen LogP contribution is 2.19. The molecular formula is C8H7ClF2N4. The van der Waals surface area contributed by atoms with Gasteiger partial charge in [0.15, 0.2) is 0 Å². The second kappa shape index (κ2) is 4.70. The summed E-state index contributed by atoms with van der Waals surface area (Å²) in [6.07, 6.45) is 0.997. The molecule has 1 aromatic rings. The van der Waals surface area contributed by atoms with E-state index in [1.165, 1.54) is 0 Å². The highest BCUT2D eigenvalue weighted by Gasteiger charge is 2.07. The fraction of sp³-hybridized carbons (Fsp3) is 0. The first kappa shape index (κ1) is 11.4. The Morgan fingerprint density at radius 2 is 2.00 bits per heavy atom. The van der Waals surface area contributed by atoms with E-state index >= 15 is 0 Å². The van der Waals surface area contributed by atoms with Gasteiger partial charge in [0.05, 0.1) is 11.2 Å². The van der Waals surface area contributed by atoms with Crippen LogP contribution in [0.25, 0.3) is 0 Å². The molecule has 0 spiro atoms. The Kier molecular flexibility index (Phi) is 3.56. The van der Waals surface area contributed by atoms with Gasteiger partial charge in [-0.1, -0.05) is 11.6 Å². The number of nitrogens with zero attached hydrogens (tertiary/aromatic N) is 2. The molecule has 0 aromatic heterocycles. The first-order valence-corrected chi connectivity index (χ1v) is 4.15. The van der Waals surface area contributed by atoms with Crippen molar-refractivity contribution >= 4 is 23.8 Å². The molecule has 7 heteroatoms. The highest BCUT2D eigenvalue weighted by molar-refractivity contribution is 6.33. The number of benzene rings is 1. The molecule has 0 unspecified atom stereocenters. The summed E-state index contributed by atoms with van der Waals surface area (Å²) < 4.78 is 25.7. The third-order valence-electron chi connectivity index (χ3n) is 1.40. The monoisotopic (exact) mass is 232 g/mol. The fourth-order valence-corrected chi connectivity index (χ4v) is 1.07. The maximum absolute atomic E-state index is 13.1. The topological polar surface area (TPSA) is 76.8 Å². The smallest absolute Gasteiger partial charge is 0.211 e. The lowest BCUT2D eigenvalue weighted by atomic mass is 10.2. The average Bonchev–Trinajstić information content (AvgIpc) is 2.08. The van der Waals surface area contributed by atoms with E-state index < -0.39 is 11.6 Å². The minimum atomic E-state index is -0.838. The second-order valence-corrected chi connectivity index (χ2v) is 2.96. The van der Waals surface area contributed by atoms with Crippen LogP contribution in [-0.2, 0) is 0 Å². The summed E-state index contributed by atoms with van der Waals surface area (Å²) in [5.74, 6) is -1.88. The standard InChI is InChI=1S/C8H7ClF2N4/c9-6-1-4(10)2-7(11)5(6)3-14-15-8(12)13/h1-3H,(H4,12,13,15)/b14-3+. The molecular weight excluding hydrogens is 226 g/mol. The normalized spacial score (nSPS) is 10.6. The van der Waals surface area contributed by atoms with E-state index in [9.17, 15) is 8.78 Å². The lowest BCUT2D eigenvalue weighted by Crippen LogP contribution is -2.21. The van der Waals surface area contributed by atoms with Gasteiger partial charge in [0.25, 0.3) is 0 Å². The summed E-state index contributed by atoms with van der Waals surface area (Å²) in [6.45, 7) is 0. The third kappa shape index (κ3) is 3.17. The molecule has 0 bridgehead atoms. The van der Waals surface area contributed by atoms with Crippen LogP contribution in [0.5, 0.6) is 0 Å². The minimum absolute atomic E-state index is 0.0805. The summed E-state index contributed by atoms with van der Waals surface area (Å²) in [6, 6.07) is 1.64. The van der Waals surface area contributed by atoms with E-state index in [0.29, 0.717) is 6.07 Å². The quantitative estimate of drug-likeness (QED) is 0.457. The second-order valence-electron chi connectivity index (χ2n) is 2.55. The predicted molar refractivity (Wildman–Crippen MR) is 54.8 cm³/mol. The van der Waals surface area contributed by atoms with Crippen molar-refractivity contribution in [2.45, 2.75) is 0 Å². The van der Waals surface area contributed by atoms with E-state index in [1.54, 1.807) is 0 Å². The van der Waals surface area contributed by atoms with Gasteiger partial charge in [-0.25, -0.2) is 8.78 Å². The van der Waals surface area contributed by atoms with E-state index in [1.807, 2.05) is 0 Å². The van der Waals surface area contributed by atoms with Gasteiger partial charge in [0.1, 0.15) is 11.6 Å². The van der Waals surface area contributed by atoms with Crippen molar-refractivity contribution in [1.29, 1.82) is 0 Å². The van der Waals surface area contributed by atoms with Crippen LogP contribution in [0.4, 0.5) is 8.78 Å². The molecule has 0 saturated carbocycles. The summed E-state index contributed by atoms with van der Waals surface area (Å²) in [5, 5.41) is 6.50. The van der Waals surface area contributed by atoms with Crippen LogP contribution in [0.3, 0.4) is 0 Å². The van der Waals surface area contributed by atoms with Gasteiger partial charge in [-0.2, -0.15) is 5.10 Å². The van der Waals surface area contributed by atoms with Crippen LogP contribution in [0.2, 0.25) is 5.02 Å². The molecule has 0 aliphatic carbocycles. The molecule has 0 heterocycles. The molecule has 0 aliphatic heterocycles. The molecule has 80 valence electrons. The number of halogens is 3. The lowest BCUT2D eigenvalue weighted by Gasteiger charge is -1.99. The maximum Gasteiger partial charge on any atom is 0.211 e. The molecule has 4 N–H and O–H groups in total. The zero-order chi connectivity index (χ0) is 11.4. The third-order valence-corrected chi connectivity index (χ3v) is 1.72. The lowest BCUT2D eigenvalue weighted by molar-refractivity contribution is 0.582. The molecule has 4 nitrogen and oxygen atoms in total. The number of guanidine groups is 1. The first-order valence-electron chi connectivity index (χ1n) is 3.77. The van der Waals surface area contributed by atoms with E-state index in [-0.39, 0.29) is 16.5 Å². The van der Waals surface area contributed by atoms with Crippen LogP contribution in [0, 0.1) is 11.6 Å². The zero-order valence-electron chi connectivity index (χ0n) is 7.42. The van der Waals surface area contributed by atoms with Gasteiger partial charge in [-0.3, -0.25) is 0 Å². The van der Waals surface area contributed by atoms with Crippen LogP contribution < -0.4 is 11.5 Å². The summed E-state index contributed by atoms with van der Waals surface area (Å²) in [5.41, 5.74) is 9.89. The van der Waals surface area contributed by atoms with Gasteiger partial charge >= 0.3 is 0 Å². The molecule has 1 rings (SSSR count). The van der Waals surface area contributed by atoms with Crippen molar-refractivity contribution in [2.24, 2.45) is 21.7 Å². The Morgan fingerprint density at radius 3 is 2.53 bits per heavy atom. The first-order chi connectivity index (χ1) is 7.00. The molecule has 1 aromatic carbocycles. The van der Waals surface area contributed by atoms with Crippen LogP contribution in [-0.4, -0.2) is 12.2 Å². The Labute approximate surface area is 89.2 Å². The van der Waals surface area contributed by atoms with E-state index in [4.69, 9.17) is 23.1 Å². The summed E-state index contributed by atoms with van der Waals surface area (Å²) >= 11 is 5.57. The summed E-state index contributed by atoms with van der Waals surface area (Å²) in [4.78, 5) is 0. The van der Waals surface area contributed by atoms with Crippen molar-refractivity contribution < 1.29 is 8.78 Å². The van der Waals surface area contributed by atoms with E-state index in [2.05, 4.69) is 10.2 Å². The Hall–Kier alpha value is -1.69. The SMILES string of the molecule is NC(N)=N/N=C/c1c(F)cc(F)cc1Cl. The zero-order valence-corrected chi connectivity index (χ0v) is 8.17. The molecule has 0 fully saturated rings. The Morgan fingerprint density at radius 1 is 1.33 bits per heavy atom. The largest absolute Gasteiger partial charge is 0.369 e. The van der Waals surface area contributed by atoms with Crippen molar-refractivity contribution in [1.82, 2.24) is 0 Å². The molecule has 15 heavy (non-hydrogen) atoms. The Balaban J connectivity index is 3.05. The van der Waals surface area contributed by atoms with Crippen molar-refractivity contribution in [2.75, 3.05) is 0 Å². The average molecular weight is 233 g/mol. The van der Waals surface area contributed by atoms with Crippen LogP contribution >= 0.6 is 11.6 Å². The minimum Gasteiger partial charge on any atom is -0.369 e. The van der Waals surface area contributed by atoms with E-state index in [0.717, 1.165) is 12.3 Å². The summed E-state index contributed by atoms with van der Waals surface area (Å²) in [7, 11) is 0. The maximum atomic E-state index is 13.1. The van der Waals surface area contributed by atoms with Gasteiger partial charge in [-0.15, -0.1) is 5.10 Å². The number of rotatable bonds is 2. The Bertz CT molecular complexity index is 404. The van der Waals surface area contributed by atoms with Gasteiger partial charge in [-0.05, 0) is 6.07 Å². The molecule has 0 aliphatic rings. The van der Waals surface area contributed by atoms with Crippen molar-refractivity contribution in [3.63, 3.8) is 0 Å². The number of hydrogen-bond acceptors (Lipinski definition) is 2. The highest BCUT2D eigenvalue weighted by atomic mass is 35.5. The molecule has 0 saturated heterocycles. The molecule has 0 amide bonds. The van der Waals surface area contributed by atoms with Crippen LogP contribution in [0.1, 0.15) is 5.56 Å². The number of hydrogen-bond donors (Lipinski definition) is 2. The molecule has 0 atom stereocenters. The van der Waals surface area contributed by atoms with Crippen molar-refractivity contribution in [3.05, 3.63) is 34.4 Å².